The van der Waals surface area contributed by atoms with Crippen LogP contribution in [0.2, 0.25) is 0 Å². The third-order valence-corrected chi connectivity index (χ3v) is 4.59. The molecule has 0 amide bonds. The zero-order chi connectivity index (χ0) is 16.7. The summed E-state index contributed by atoms with van der Waals surface area (Å²) in [5.74, 6) is -1.00. The fourth-order valence-corrected chi connectivity index (χ4v) is 3.10. The molecule has 5 heteroatoms. The molecule has 0 saturated heterocycles. The Kier molecular flexibility index (Phi) is 6.38. The summed E-state index contributed by atoms with van der Waals surface area (Å²) < 4.78 is 0. The first kappa shape index (κ1) is 17.2. The van der Waals surface area contributed by atoms with Crippen LogP contribution in [0.25, 0.3) is 0 Å². The Morgan fingerprint density at radius 3 is 1.87 bits per heavy atom. The zero-order valence-corrected chi connectivity index (χ0v) is 13.4. The molecule has 0 fully saturated rings. The molecule has 120 valence electrons. The zero-order valence-electron chi connectivity index (χ0n) is 12.6. The molecular formula is C18H19NO3S. The largest absolute Gasteiger partial charge is 0.480 e. The van der Waals surface area contributed by atoms with E-state index < -0.39 is 17.3 Å². The summed E-state index contributed by atoms with van der Waals surface area (Å²) in [7, 11) is 0. The van der Waals surface area contributed by atoms with Gasteiger partial charge in [-0.2, -0.15) is 0 Å². The van der Waals surface area contributed by atoms with Crippen LogP contribution < -0.4 is 5.73 Å². The van der Waals surface area contributed by atoms with Crippen molar-refractivity contribution in [1.29, 1.82) is 0 Å². The fourth-order valence-electron chi connectivity index (χ4n) is 2.19. The van der Waals surface area contributed by atoms with Gasteiger partial charge in [0.05, 0.1) is 6.04 Å². The Hall–Kier alpha value is -2.11. The van der Waals surface area contributed by atoms with E-state index in [1.54, 1.807) is 0 Å². The van der Waals surface area contributed by atoms with Crippen LogP contribution in [0.1, 0.15) is 11.1 Å². The van der Waals surface area contributed by atoms with Crippen LogP contribution in [0, 0.1) is 0 Å². The number of carbonyl (C=O) groups excluding carboxylic acids is 1. The van der Waals surface area contributed by atoms with Gasteiger partial charge < -0.3 is 10.8 Å². The molecule has 0 aliphatic heterocycles. The second kappa shape index (κ2) is 8.50. The third kappa shape index (κ3) is 5.54. The molecule has 0 aromatic heterocycles. The predicted octanol–water partition coefficient (Wildman–Crippen LogP) is 2.51. The van der Waals surface area contributed by atoms with Gasteiger partial charge in [0.1, 0.15) is 5.25 Å². The topological polar surface area (TPSA) is 80.4 Å². The van der Waals surface area contributed by atoms with E-state index in [2.05, 4.69) is 0 Å². The van der Waals surface area contributed by atoms with Crippen molar-refractivity contribution in [3.63, 3.8) is 0 Å². The lowest BCUT2D eigenvalue weighted by Gasteiger charge is -2.15. The van der Waals surface area contributed by atoms with Crippen molar-refractivity contribution < 1.29 is 14.7 Å². The van der Waals surface area contributed by atoms with Crippen molar-refractivity contribution in [1.82, 2.24) is 0 Å². The van der Waals surface area contributed by atoms with Gasteiger partial charge in [0, 0.05) is 0 Å². The monoisotopic (exact) mass is 329 g/mol. The van der Waals surface area contributed by atoms with Gasteiger partial charge in [0.25, 0.3) is 0 Å². The van der Waals surface area contributed by atoms with Crippen LogP contribution in [-0.4, -0.2) is 27.5 Å². The molecular weight excluding hydrogens is 310 g/mol. The lowest BCUT2D eigenvalue weighted by atomic mass is 10.1. The summed E-state index contributed by atoms with van der Waals surface area (Å²) >= 11 is 0.812. The Balaban J connectivity index is 1.96. The van der Waals surface area contributed by atoms with Crippen LogP contribution in [-0.2, 0) is 22.4 Å². The Labute approximate surface area is 139 Å². The number of carboxylic acid groups (broad SMARTS) is 1. The molecule has 3 N–H and O–H groups in total. The van der Waals surface area contributed by atoms with E-state index >= 15 is 0 Å². The third-order valence-electron chi connectivity index (χ3n) is 3.40. The summed E-state index contributed by atoms with van der Waals surface area (Å²) in [4.78, 5) is 23.6. The highest BCUT2D eigenvalue weighted by Gasteiger charge is 2.25. The molecule has 2 aromatic carbocycles. The molecule has 2 aromatic rings. The quantitative estimate of drug-likeness (QED) is 0.816. The molecule has 0 aliphatic carbocycles. The number of hydrogen-bond acceptors (Lipinski definition) is 4. The maximum absolute atomic E-state index is 12.2. The van der Waals surface area contributed by atoms with Crippen molar-refractivity contribution in [3.8, 4) is 0 Å². The van der Waals surface area contributed by atoms with Crippen molar-refractivity contribution in [2.24, 2.45) is 5.73 Å². The first-order chi connectivity index (χ1) is 11.1. The molecule has 0 radical (unpaired) electrons. The second-order valence-corrected chi connectivity index (χ2v) is 6.46. The minimum Gasteiger partial charge on any atom is -0.480 e. The fraction of sp³-hybridized carbons (Fsp3) is 0.222. The number of aliphatic carboxylic acids is 1. The van der Waals surface area contributed by atoms with Gasteiger partial charge >= 0.3 is 5.97 Å². The second-order valence-electron chi connectivity index (χ2n) is 5.25. The molecule has 0 saturated carbocycles. The number of carbonyl (C=O) groups is 2. The summed E-state index contributed by atoms with van der Waals surface area (Å²) in [6, 6.07) is 18.0. The van der Waals surface area contributed by atoms with E-state index in [0.29, 0.717) is 12.8 Å². The Bertz CT molecular complexity index is 646. The molecule has 0 aliphatic rings. The summed E-state index contributed by atoms with van der Waals surface area (Å²) in [5.41, 5.74) is 7.78. The van der Waals surface area contributed by atoms with Crippen molar-refractivity contribution >= 4 is 22.8 Å². The molecule has 2 rings (SSSR count). The Morgan fingerprint density at radius 1 is 0.913 bits per heavy atom. The average Bonchev–Trinajstić information content (AvgIpc) is 2.56. The maximum Gasteiger partial charge on any atom is 0.317 e. The first-order valence-electron chi connectivity index (χ1n) is 7.33. The van der Waals surface area contributed by atoms with Gasteiger partial charge in [-0.3, -0.25) is 9.59 Å². The number of thioether (sulfide) groups is 1. The molecule has 4 nitrogen and oxygen atoms in total. The van der Waals surface area contributed by atoms with E-state index in [9.17, 15) is 14.7 Å². The highest BCUT2D eigenvalue weighted by atomic mass is 32.2. The molecule has 0 unspecified atom stereocenters. The summed E-state index contributed by atoms with van der Waals surface area (Å²) in [5, 5.41) is 8.22. The van der Waals surface area contributed by atoms with Crippen molar-refractivity contribution in [2.75, 3.05) is 0 Å². The maximum atomic E-state index is 12.2. The van der Waals surface area contributed by atoms with E-state index in [1.165, 1.54) is 0 Å². The summed E-state index contributed by atoms with van der Waals surface area (Å²) in [6.45, 7) is 0. The Morgan fingerprint density at radius 2 is 1.39 bits per heavy atom. The predicted molar refractivity (Wildman–Crippen MR) is 92.3 cm³/mol. The van der Waals surface area contributed by atoms with Gasteiger partial charge in [-0.15, -0.1) is 0 Å². The molecule has 0 heterocycles. The number of nitrogens with two attached hydrogens (primary N) is 1. The minimum absolute atomic E-state index is 0.294. The minimum atomic E-state index is -1.00. The molecule has 0 spiro atoms. The van der Waals surface area contributed by atoms with Crippen LogP contribution >= 0.6 is 11.8 Å². The van der Waals surface area contributed by atoms with E-state index in [4.69, 9.17) is 5.73 Å². The number of carboxylic acids is 1. The standard InChI is InChI=1S/C18H19NO3S/c19-15(11-13-7-3-1-4-8-13)18(22)23-16(17(20)21)12-14-9-5-2-6-10-14/h1-10,15-16H,11-12,19H2,(H,20,21)/t15-,16+/m0/s1. The highest BCUT2D eigenvalue weighted by molar-refractivity contribution is 8.14. The lowest BCUT2D eigenvalue weighted by molar-refractivity contribution is -0.136. The number of benzene rings is 2. The van der Waals surface area contributed by atoms with E-state index in [1.807, 2.05) is 60.7 Å². The highest BCUT2D eigenvalue weighted by Crippen LogP contribution is 2.20. The van der Waals surface area contributed by atoms with Gasteiger partial charge in [0.2, 0.25) is 5.12 Å². The molecule has 2 atom stereocenters. The molecule has 23 heavy (non-hydrogen) atoms. The summed E-state index contributed by atoms with van der Waals surface area (Å²) in [6.07, 6.45) is 0.703. The van der Waals surface area contributed by atoms with E-state index in [-0.39, 0.29) is 5.12 Å². The van der Waals surface area contributed by atoms with Crippen molar-refractivity contribution in [3.05, 3.63) is 71.8 Å². The number of rotatable bonds is 7. The lowest BCUT2D eigenvalue weighted by Crippen LogP contribution is -2.33. The van der Waals surface area contributed by atoms with E-state index in [0.717, 1.165) is 22.9 Å². The van der Waals surface area contributed by atoms with Crippen LogP contribution in [0.4, 0.5) is 0 Å². The first-order valence-corrected chi connectivity index (χ1v) is 8.21. The van der Waals surface area contributed by atoms with Crippen LogP contribution in [0.3, 0.4) is 0 Å². The number of hydrogen-bond donors (Lipinski definition) is 2. The molecule has 0 bridgehead atoms. The van der Waals surface area contributed by atoms with Gasteiger partial charge in [-0.05, 0) is 24.0 Å². The van der Waals surface area contributed by atoms with Crippen molar-refractivity contribution in [2.45, 2.75) is 24.1 Å². The SMILES string of the molecule is N[C@@H](Cc1ccccc1)C(=O)S[C@H](Cc1ccccc1)C(=O)O. The van der Waals surface area contributed by atoms with Gasteiger partial charge in [0.15, 0.2) is 0 Å². The normalized spacial score (nSPS) is 13.3. The van der Waals surface area contributed by atoms with Gasteiger partial charge in [-0.1, -0.05) is 72.4 Å². The van der Waals surface area contributed by atoms with Gasteiger partial charge in [-0.25, -0.2) is 0 Å². The van der Waals surface area contributed by atoms with Crippen LogP contribution in [0.5, 0.6) is 0 Å². The van der Waals surface area contributed by atoms with Crippen LogP contribution in [0.15, 0.2) is 60.7 Å². The average molecular weight is 329 g/mol. The smallest absolute Gasteiger partial charge is 0.317 e.